The Kier molecular flexibility index (Phi) is 7.28. The minimum atomic E-state index is -5.06. The lowest BCUT2D eigenvalue weighted by molar-refractivity contribution is -0.384. The summed E-state index contributed by atoms with van der Waals surface area (Å²) in [5, 5.41) is 10.6. The molecule has 4 aromatic rings. The second kappa shape index (κ2) is 10.6. The van der Waals surface area contributed by atoms with Gasteiger partial charge in [0, 0.05) is 24.3 Å². The molecule has 0 saturated heterocycles. The van der Waals surface area contributed by atoms with Crippen molar-refractivity contribution in [3.63, 3.8) is 0 Å². The number of nitro groups is 1. The molecule has 0 aliphatic rings. The number of nitrogens with zero attached hydrogens (tertiary/aromatic N) is 1. The van der Waals surface area contributed by atoms with E-state index in [-0.39, 0.29) is 22.6 Å². The number of halogens is 3. The third-order valence-electron chi connectivity index (χ3n) is 5.34. The zero-order valence-corrected chi connectivity index (χ0v) is 19.7. The number of fused-ring (bicyclic) bond motifs is 1. The second-order valence-electron chi connectivity index (χ2n) is 7.95. The lowest BCUT2D eigenvalue weighted by Gasteiger charge is -2.13. The van der Waals surface area contributed by atoms with Crippen LogP contribution in [0.4, 0.5) is 18.9 Å². The van der Waals surface area contributed by atoms with Crippen LogP contribution >= 0.6 is 0 Å². The van der Waals surface area contributed by atoms with Crippen molar-refractivity contribution in [2.24, 2.45) is 0 Å². The molecule has 0 aliphatic heterocycles. The number of esters is 1. The molecule has 0 bridgehead atoms. The van der Waals surface area contributed by atoms with Crippen LogP contribution in [0.2, 0.25) is 0 Å². The number of carbonyl (C=O) groups excluding carboxylic acids is 1. The van der Waals surface area contributed by atoms with Gasteiger partial charge in [-0.15, -0.1) is 0 Å². The number of carbonyl (C=O) groups is 1. The Morgan fingerprint density at radius 2 is 1.76 bits per heavy atom. The van der Waals surface area contributed by atoms with Crippen LogP contribution in [-0.2, 0) is 17.4 Å². The molecule has 0 unspecified atom stereocenters. The molecular weight excluding hydrogens is 507 g/mol. The maximum absolute atomic E-state index is 13.8. The quantitative estimate of drug-likeness (QED) is 0.0869. The summed E-state index contributed by atoms with van der Waals surface area (Å²) in [5.74, 6) is -3.72. The Morgan fingerprint density at radius 1 is 1.05 bits per heavy atom. The first-order valence-corrected chi connectivity index (χ1v) is 11.1. The second-order valence-corrected chi connectivity index (χ2v) is 7.95. The minimum Gasteiger partial charge on any atom is -0.449 e. The van der Waals surface area contributed by atoms with E-state index in [0.29, 0.717) is 12.0 Å². The van der Waals surface area contributed by atoms with Gasteiger partial charge in [0.05, 0.1) is 10.3 Å². The number of hydrogen-bond donors (Lipinski definition) is 0. The maximum atomic E-state index is 13.8. The Labute approximate surface area is 212 Å². The molecule has 194 valence electrons. The summed E-state index contributed by atoms with van der Waals surface area (Å²) in [5.41, 5.74) is -0.411. The molecule has 8 nitrogen and oxygen atoms in total. The number of hydrogen-bond acceptors (Lipinski definition) is 7. The van der Waals surface area contributed by atoms with E-state index in [0.717, 1.165) is 23.8 Å². The average Bonchev–Trinajstić information content (AvgIpc) is 2.89. The molecule has 11 heteroatoms. The molecule has 1 heterocycles. The van der Waals surface area contributed by atoms with Crippen LogP contribution in [-0.4, -0.2) is 10.9 Å². The van der Waals surface area contributed by atoms with Gasteiger partial charge in [-0.2, -0.15) is 13.2 Å². The average molecular weight is 525 g/mol. The van der Waals surface area contributed by atoms with Gasteiger partial charge < -0.3 is 13.9 Å². The van der Waals surface area contributed by atoms with E-state index in [2.05, 4.69) is 0 Å². The molecule has 1 aromatic heterocycles. The normalized spacial score (nSPS) is 11.6. The van der Waals surface area contributed by atoms with Crippen LogP contribution in [0.15, 0.2) is 82.0 Å². The van der Waals surface area contributed by atoms with Gasteiger partial charge in [-0.05, 0) is 47.9 Å². The van der Waals surface area contributed by atoms with Crippen molar-refractivity contribution in [3.8, 4) is 17.2 Å². The third-order valence-corrected chi connectivity index (χ3v) is 5.34. The van der Waals surface area contributed by atoms with Gasteiger partial charge in [0.1, 0.15) is 17.1 Å². The smallest absolute Gasteiger partial charge is 0.449 e. The van der Waals surface area contributed by atoms with E-state index < -0.39 is 39.6 Å². The van der Waals surface area contributed by atoms with Gasteiger partial charge >= 0.3 is 12.1 Å². The Bertz CT molecular complexity index is 1610. The number of nitro benzene ring substituents is 1. The van der Waals surface area contributed by atoms with Gasteiger partial charge in [-0.25, -0.2) is 4.79 Å². The topological polar surface area (TPSA) is 109 Å². The number of alkyl halides is 3. The van der Waals surface area contributed by atoms with Crippen LogP contribution < -0.4 is 14.9 Å². The first-order valence-electron chi connectivity index (χ1n) is 11.1. The standard InChI is InChI=1S/C27H18F3NO7/c1-2-16-6-9-19(10-7-16)37-25-24(33)21-12-11-20(15-22(21)38-26(25)27(28,29)30)36-23(32)13-8-17-4-3-5-18(14-17)31(34)35/h3-15H,2H2,1H3/b13-8+. The van der Waals surface area contributed by atoms with E-state index in [9.17, 15) is 32.9 Å². The molecule has 0 spiro atoms. The van der Waals surface area contributed by atoms with Crippen molar-refractivity contribution in [2.75, 3.05) is 0 Å². The van der Waals surface area contributed by atoms with E-state index >= 15 is 0 Å². The number of rotatable bonds is 7. The summed E-state index contributed by atoms with van der Waals surface area (Å²) in [4.78, 5) is 35.4. The summed E-state index contributed by atoms with van der Waals surface area (Å²) in [7, 11) is 0. The van der Waals surface area contributed by atoms with Crippen LogP contribution in [0.25, 0.3) is 17.0 Å². The highest BCUT2D eigenvalue weighted by atomic mass is 19.4. The van der Waals surface area contributed by atoms with Gasteiger partial charge in [-0.1, -0.05) is 31.2 Å². The SMILES string of the molecule is CCc1ccc(Oc2c(C(F)(F)F)oc3cc(OC(=O)/C=C/c4cccc([N+](=O)[O-])c4)ccc3c2=O)cc1. The fourth-order valence-corrected chi connectivity index (χ4v) is 3.47. The molecule has 0 radical (unpaired) electrons. The Balaban J connectivity index is 1.63. The minimum absolute atomic E-state index is 0.0282. The third kappa shape index (κ3) is 5.89. The lowest BCUT2D eigenvalue weighted by Crippen LogP contribution is -2.15. The number of aryl methyl sites for hydroxylation is 1. The first-order chi connectivity index (χ1) is 18.0. The Hall–Kier alpha value is -4.93. The number of ether oxygens (including phenoxy) is 2. The highest BCUT2D eigenvalue weighted by Crippen LogP contribution is 2.38. The highest BCUT2D eigenvalue weighted by Gasteiger charge is 2.40. The number of benzene rings is 3. The highest BCUT2D eigenvalue weighted by molar-refractivity contribution is 5.89. The van der Waals surface area contributed by atoms with Crippen LogP contribution in [0, 0.1) is 10.1 Å². The van der Waals surface area contributed by atoms with Crippen LogP contribution in [0.5, 0.6) is 17.2 Å². The van der Waals surface area contributed by atoms with Crippen LogP contribution in [0.3, 0.4) is 0 Å². The van der Waals surface area contributed by atoms with Crippen molar-refractivity contribution in [3.05, 3.63) is 110 Å². The van der Waals surface area contributed by atoms with Crippen molar-refractivity contribution in [1.29, 1.82) is 0 Å². The molecule has 0 fully saturated rings. The zero-order valence-electron chi connectivity index (χ0n) is 19.7. The van der Waals surface area contributed by atoms with Crippen LogP contribution in [0.1, 0.15) is 23.8 Å². The van der Waals surface area contributed by atoms with Gasteiger partial charge in [0.25, 0.3) is 11.4 Å². The molecule has 0 aliphatic carbocycles. The van der Waals surface area contributed by atoms with Gasteiger partial charge in [0.2, 0.25) is 11.2 Å². The van der Waals surface area contributed by atoms with Crippen molar-refractivity contribution in [1.82, 2.24) is 0 Å². The predicted octanol–water partition coefficient (Wildman–Crippen LogP) is 6.69. The fraction of sp³-hybridized carbons (Fsp3) is 0.111. The van der Waals surface area contributed by atoms with E-state index in [1.54, 1.807) is 12.1 Å². The maximum Gasteiger partial charge on any atom is 0.453 e. The van der Waals surface area contributed by atoms with Gasteiger partial charge in [-0.3, -0.25) is 14.9 Å². The molecule has 0 amide bonds. The number of non-ortho nitro benzene ring substituents is 1. The summed E-state index contributed by atoms with van der Waals surface area (Å²) in [6, 6.07) is 15.1. The van der Waals surface area contributed by atoms with Gasteiger partial charge in [0.15, 0.2) is 0 Å². The van der Waals surface area contributed by atoms with E-state index in [1.165, 1.54) is 48.5 Å². The van der Waals surface area contributed by atoms with E-state index in [4.69, 9.17) is 13.9 Å². The molecule has 3 aromatic carbocycles. The fourth-order valence-electron chi connectivity index (χ4n) is 3.47. The molecule has 0 atom stereocenters. The monoisotopic (exact) mass is 525 g/mol. The van der Waals surface area contributed by atoms with Crippen molar-refractivity contribution in [2.45, 2.75) is 19.5 Å². The summed E-state index contributed by atoms with van der Waals surface area (Å²) in [6.45, 7) is 1.91. The summed E-state index contributed by atoms with van der Waals surface area (Å²) >= 11 is 0. The zero-order chi connectivity index (χ0) is 27.4. The molecule has 0 N–H and O–H groups in total. The van der Waals surface area contributed by atoms with Crippen molar-refractivity contribution < 1.29 is 36.8 Å². The molecule has 0 saturated carbocycles. The summed E-state index contributed by atoms with van der Waals surface area (Å²) in [6.07, 6.45) is -2.08. The first kappa shape index (κ1) is 26.1. The summed E-state index contributed by atoms with van der Waals surface area (Å²) < 4.78 is 56.8. The molecule has 4 rings (SSSR count). The van der Waals surface area contributed by atoms with Crippen molar-refractivity contribution >= 4 is 28.7 Å². The lowest BCUT2D eigenvalue weighted by atomic mass is 10.1. The molecular formula is C27H18F3NO7. The molecule has 38 heavy (non-hydrogen) atoms. The predicted molar refractivity (Wildman–Crippen MR) is 131 cm³/mol. The Morgan fingerprint density at radius 3 is 2.42 bits per heavy atom. The largest absolute Gasteiger partial charge is 0.453 e. The van der Waals surface area contributed by atoms with E-state index in [1.807, 2.05) is 6.92 Å².